The zero-order chi connectivity index (χ0) is 21.4. The number of aromatic hydroxyl groups is 1. The van der Waals surface area contributed by atoms with Gasteiger partial charge in [0.05, 0.1) is 11.3 Å². The van der Waals surface area contributed by atoms with E-state index in [9.17, 15) is 9.50 Å². The van der Waals surface area contributed by atoms with Gasteiger partial charge >= 0.3 is 0 Å². The van der Waals surface area contributed by atoms with E-state index >= 15 is 0 Å². The molecule has 7 nitrogen and oxygen atoms in total. The summed E-state index contributed by atoms with van der Waals surface area (Å²) in [7, 11) is 0. The molecule has 0 bridgehead atoms. The SMILES string of the molecule is Cc1nsc(-c2cc(O)c(-c3ccc(N4CC[C@@H](CNC5CCC5)C4)nn3)cc2F)n1. The number of aryl methyl sites for hydroxylation is 1. The molecule has 31 heavy (non-hydrogen) atoms. The molecule has 1 aromatic carbocycles. The van der Waals surface area contributed by atoms with Crippen LogP contribution in [0.1, 0.15) is 31.5 Å². The minimum Gasteiger partial charge on any atom is -0.507 e. The molecule has 3 aromatic rings. The van der Waals surface area contributed by atoms with Crippen LogP contribution in [0.3, 0.4) is 0 Å². The number of nitrogens with zero attached hydrogens (tertiary/aromatic N) is 5. The average molecular weight is 441 g/mol. The van der Waals surface area contributed by atoms with Gasteiger partial charge in [0.15, 0.2) is 5.82 Å². The molecule has 1 aliphatic carbocycles. The van der Waals surface area contributed by atoms with Crippen LogP contribution in [0, 0.1) is 18.7 Å². The number of hydrogen-bond donors (Lipinski definition) is 2. The molecule has 0 radical (unpaired) electrons. The molecule has 2 N–H and O–H groups in total. The van der Waals surface area contributed by atoms with Gasteiger partial charge in [0.2, 0.25) is 0 Å². The molecule has 162 valence electrons. The molecular weight excluding hydrogens is 415 g/mol. The van der Waals surface area contributed by atoms with Crippen LogP contribution >= 0.6 is 11.5 Å². The van der Waals surface area contributed by atoms with Gasteiger partial charge in [-0.1, -0.05) is 6.42 Å². The summed E-state index contributed by atoms with van der Waals surface area (Å²) < 4.78 is 18.8. The van der Waals surface area contributed by atoms with Gasteiger partial charge in [0.1, 0.15) is 22.4 Å². The number of phenolic OH excluding ortho intramolecular Hbond substituents is 1. The Hall–Kier alpha value is -2.65. The number of phenols is 1. The van der Waals surface area contributed by atoms with E-state index in [1.165, 1.54) is 31.4 Å². The Morgan fingerprint density at radius 1 is 1.19 bits per heavy atom. The van der Waals surface area contributed by atoms with Crippen LogP contribution in [0.15, 0.2) is 24.3 Å². The van der Waals surface area contributed by atoms with Gasteiger partial charge in [-0.3, -0.25) is 0 Å². The van der Waals surface area contributed by atoms with Crippen LogP contribution < -0.4 is 10.2 Å². The van der Waals surface area contributed by atoms with E-state index in [-0.39, 0.29) is 11.3 Å². The van der Waals surface area contributed by atoms with Crippen LogP contribution in [-0.2, 0) is 0 Å². The van der Waals surface area contributed by atoms with Gasteiger partial charge < -0.3 is 15.3 Å². The molecule has 9 heteroatoms. The average Bonchev–Trinajstić information content (AvgIpc) is 3.38. The van der Waals surface area contributed by atoms with Crippen molar-refractivity contribution in [2.75, 3.05) is 24.5 Å². The number of rotatable bonds is 6. The first-order chi connectivity index (χ1) is 15.1. The van der Waals surface area contributed by atoms with Crippen LogP contribution in [0.5, 0.6) is 5.75 Å². The van der Waals surface area contributed by atoms with Crippen molar-refractivity contribution in [2.45, 2.75) is 38.6 Å². The summed E-state index contributed by atoms with van der Waals surface area (Å²) in [5.41, 5.74) is 0.975. The van der Waals surface area contributed by atoms with Crippen molar-refractivity contribution in [3.8, 4) is 27.6 Å². The molecule has 3 heterocycles. The Balaban J connectivity index is 1.28. The molecule has 1 atom stereocenters. The normalized spacial score (nSPS) is 19.0. The summed E-state index contributed by atoms with van der Waals surface area (Å²) in [4.78, 5) is 6.44. The maximum absolute atomic E-state index is 14.7. The molecule has 2 fully saturated rings. The molecule has 0 amide bonds. The molecule has 0 spiro atoms. The fourth-order valence-electron chi connectivity index (χ4n) is 4.13. The molecular formula is C22H25FN6OS. The third-order valence-electron chi connectivity index (χ3n) is 6.18. The quantitative estimate of drug-likeness (QED) is 0.603. The highest BCUT2D eigenvalue weighted by Crippen LogP contribution is 2.35. The second-order valence-corrected chi connectivity index (χ2v) is 9.16. The minimum atomic E-state index is -0.476. The number of halogens is 1. The number of hydrogen-bond acceptors (Lipinski definition) is 8. The van der Waals surface area contributed by atoms with Crippen LogP contribution in [0.25, 0.3) is 21.8 Å². The molecule has 2 aliphatic rings. The second-order valence-electron chi connectivity index (χ2n) is 8.41. The van der Waals surface area contributed by atoms with Crippen molar-refractivity contribution in [1.29, 1.82) is 0 Å². The van der Waals surface area contributed by atoms with Crippen molar-refractivity contribution in [3.05, 3.63) is 35.9 Å². The smallest absolute Gasteiger partial charge is 0.151 e. The van der Waals surface area contributed by atoms with Crippen molar-refractivity contribution in [2.24, 2.45) is 5.92 Å². The van der Waals surface area contributed by atoms with E-state index in [0.29, 0.717) is 34.0 Å². The van der Waals surface area contributed by atoms with Crippen molar-refractivity contribution < 1.29 is 9.50 Å². The number of nitrogens with one attached hydrogen (secondary N) is 1. The fourth-order valence-corrected chi connectivity index (χ4v) is 4.82. The Morgan fingerprint density at radius 3 is 2.74 bits per heavy atom. The molecule has 1 saturated heterocycles. The van der Waals surface area contributed by atoms with Gasteiger partial charge in [-0.15, -0.1) is 10.2 Å². The molecule has 2 aromatic heterocycles. The second kappa shape index (κ2) is 8.47. The molecule has 1 saturated carbocycles. The molecule has 5 rings (SSSR count). The summed E-state index contributed by atoms with van der Waals surface area (Å²) in [6.45, 7) is 4.72. The fraction of sp³-hybridized carbons (Fsp3) is 0.455. The van der Waals surface area contributed by atoms with Gasteiger partial charge in [-0.05, 0) is 74.4 Å². The number of benzene rings is 1. The highest BCUT2D eigenvalue weighted by Gasteiger charge is 2.26. The lowest BCUT2D eigenvalue weighted by molar-refractivity contribution is 0.321. The standard InChI is InChI=1S/C22H25FN6OS/c1-13-25-22(31-28-13)16-10-20(30)17(9-18(16)23)19-5-6-21(27-26-19)29-8-7-14(12-29)11-24-15-3-2-4-15/h5-6,9-10,14-15,24,30H,2-4,7-8,11-12H2,1H3/t14-/m0/s1. The van der Waals surface area contributed by atoms with E-state index in [4.69, 9.17) is 0 Å². The third-order valence-corrected chi connectivity index (χ3v) is 7.02. The van der Waals surface area contributed by atoms with E-state index < -0.39 is 5.82 Å². The first-order valence-corrected chi connectivity index (χ1v) is 11.5. The third kappa shape index (κ3) is 4.24. The van der Waals surface area contributed by atoms with Crippen molar-refractivity contribution >= 4 is 17.4 Å². The lowest BCUT2D eigenvalue weighted by Crippen LogP contribution is -2.38. The van der Waals surface area contributed by atoms with Crippen molar-refractivity contribution in [1.82, 2.24) is 24.9 Å². The first-order valence-electron chi connectivity index (χ1n) is 10.7. The predicted octanol–water partition coefficient (Wildman–Crippen LogP) is 3.78. The van der Waals surface area contributed by atoms with Gasteiger partial charge in [0, 0.05) is 24.7 Å². The maximum atomic E-state index is 14.7. The van der Waals surface area contributed by atoms with Crippen LogP contribution in [-0.4, -0.2) is 50.3 Å². The Morgan fingerprint density at radius 2 is 2.06 bits per heavy atom. The maximum Gasteiger partial charge on any atom is 0.151 e. The summed E-state index contributed by atoms with van der Waals surface area (Å²) >= 11 is 1.10. The monoisotopic (exact) mass is 440 g/mol. The van der Waals surface area contributed by atoms with E-state index in [1.54, 1.807) is 13.0 Å². The summed E-state index contributed by atoms with van der Waals surface area (Å²) in [6, 6.07) is 7.04. The Labute approximate surface area is 184 Å². The van der Waals surface area contributed by atoms with Crippen LogP contribution in [0.2, 0.25) is 0 Å². The van der Waals surface area contributed by atoms with Crippen molar-refractivity contribution in [3.63, 3.8) is 0 Å². The Bertz CT molecular complexity index is 1070. The van der Waals surface area contributed by atoms with Gasteiger partial charge in [0.25, 0.3) is 0 Å². The topological polar surface area (TPSA) is 87.1 Å². The van der Waals surface area contributed by atoms with E-state index in [2.05, 4.69) is 29.8 Å². The highest BCUT2D eigenvalue weighted by molar-refractivity contribution is 7.09. The first kappa shape index (κ1) is 20.3. The summed E-state index contributed by atoms with van der Waals surface area (Å²) in [5, 5.41) is 23.2. The van der Waals surface area contributed by atoms with Gasteiger partial charge in [-0.25, -0.2) is 9.37 Å². The van der Waals surface area contributed by atoms with E-state index in [0.717, 1.165) is 43.4 Å². The largest absolute Gasteiger partial charge is 0.507 e. The molecule has 0 unspecified atom stereocenters. The lowest BCUT2D eigenvalue weighted by atomic mass is 9.92. The number of anilines is 1. The van der Waals surface area contributed by atoms with E-state index in [1.807, 2.05) is 6.07 Å². The Kier molecular flexibility index (Phi) is 5.54. The zero-order valence-corrected chi connectivity index (χ0v) is 18.2. The highest BCUT2D eigenvalue weighted by atomic mass is 32.1. The van der Waals surface area contributed by atoms with Gasteiger partial charge in [-0.2, -0.15) is 4.37 Å². The summed E-state index contributed by atoms with van der Waals surface area (Å²) in [5.74, 6) is 1.48. The number of aromatic nitrogens is 4. The van der Waals surface area contributed by atoms with Crippen LogP contribution in [0.4, 0.5) is 10.2 Å². The lowest BCUT2D eigenvalue weighted by Gasteiger charge is -2.28. The minimum absolute atomic E-state index is 0.0605. The zero-order valence-electron chi connectivity index (χ0n) is 17.4. The summed E-state index contributed by atoms with van der Waals surface area (Å²) in [6.07, 6.45) is 5.10. The predicted molar refractivity (Wildman–Crippen MR) is 119 cm³/mol. The molecule has 1 aliphatic heterocycles.